The van der Waals surface area contributed by atoms with Crippen molar-refractivity contribution < 1.29 is 14.3 Å². The number of nitrogens with two attached hydrogens (primary N) is 1. The highest BCUT2D eigenvalue weighted by Gasteiger charge is 2.14. The zero-order valence-electron chi connectivity index (χ0n) is 5.81. The van der Waals surface area contributed by atoms with Gasteiger partial charge in [-0.3, -0.25) is 0 Å². The van der Waals surface area contributed by atoms with E-state index >= 15 is 0 Å². The maximum Gasteiger partial charge on any atom is 0.393 e. The third kappa shape index (κ3) is 1.53. The van der Waals surface area contributed by atoms with Gasteiger partial charge in [0.05, 0.1) is 6.04 Å². The largest absolute Gasteiger partial charge is 0.474 e. The highest BCUT2D eigenvalue weighted by atomic mass is 16.4. The van der Waals surface area contributed by atoms with Crippen molar-refractivity contribution >= 4 is 5.97 Å². The summed E-state index contributed by atoms with van der Waals surface area (Å²) < 4.78 is 4.66. The van der Waals surface area contributed by atoms with Gasteiger partial charge in [-0.05, 0) is 6.92 Å². The Kier molecular flexibility index (Phi) is 1.86. The van der Waals surface area contributed by atoms with Gasteiger partial charge in [-0.2, -0.15) is 0 Å². The number of rotatable bonds is 2. The maximum absolute atomic E-state index is 10.2. The minimum absolute atomic E-state index is 0.127. The molecule has 0 saturated heterocycles. The van der Waals surface area contributed by atoms with E-state index in [0.29, 0.717) is 0 Å². The number of nitrogens with zero attached hydrogens (tertiary/aromatic N) is 2. The fraction of sp³-hybridized carbons (Fsp3) is 0.400. The number of carbonyl (C=O) groups is 1. The average Bonchev–Trinajstić information content (AvgIpc) is 2.33. The van der Waals surface area contributed by atoms with E-state index in [1.165, 1.54) is 0 Å². The molecule has 1 unspecified atom stereocenters. The van der Waals surface area contributed by atoms with Gasteiger partial charge in [0.1, 0.15) is 0 Å². The van der Waals surface area contributed by atoms with Gasteiger partial charge in [0.2, 0.25) is 5.89 Å². The maximum atomic E-state index is 10.2. The Balaban J connectivity index is 2.90. The fourth-order valence-electron chi connectivity index (χ4n) is 0.505. The molecule has 1 heterocycles. The van der Waals surface area contributed by atoms with Crippen LogP contribution in [0.2, 0.25) is 0 Å². The SMILES string of the molecule is CC(N)c1nnc(C(=O)O)o1. The lowest BCUT2D eigenvalue weighted by Crippen LogP contribution is -2.04. The second kappa shape index (κ2) is 2.67. The first-order valence-corrected chi connectivity index (χ1v) is 2.93. The van der Waals surface area contributed by atoms with Crippen LogP contribution in [-0.4, -0.2) is 21.3 Å². The molecule has 0 radical (unpaired) electrons. The Labute approximate surface area is 62.0 Å². The second-order valence-electron chi connectivity index (χ2n) is 2.04. The molecule has 3 N–H and O–H groups in total. The highest BCUT2D eigenvalue weighted by Crippen LogP contribution is 2.06. The number of carboxylic acid groups (broad SMARTS) is 1. The Morgan fingerprint density at radius 1 is 1.73 bits per heavy atom. The van der Waals surface area contributed by atoms with E-state index < -0.39 is 17.9 Å². The van der Waals surface area contributed by atoms with E-state index in [2.05, 4.69) is 14.6 Å². The molecule has 0 aliphatic heterocycles. The molecule has 6 heteroatoms. The molecule has 1 aromatic rings. The van der Waals surface area contributed by atoms with Gasteiger partial charge >= 0.3 is 11.9 Å². The lowest BCUT2D eigenvalue weighted by Gasteiger charge is -1.93. The van der Waals surface area contributed by atoms with Gasteiger partial charge in [-0.25, -0.2) is 4.79 Å². The Morgan fingerprint density at radius 2 is 2.36 bits per heavy atom. The van der Waals surface area contributed by atoms with Gasteiger partial charge in [0, 0.05) is 0 Å². The lowest BCUT2D eigenvalue weighted by atomic mass is 10.4. The first-order chi connectivity index (χ1) is 5.11. The molecule has 0 aliphatic rings. The standard InChI is InChI=1S/C5H7N3O3/c1-2(6)3-7-8-4(11-3)5(9)10/h2H,6H2,1H3,(H,9,10). The minimum atomic E-state index is -1.25. The number of aromatic carboxylic acids is 1. The van der Waals surface area contributed by atoms with Crippen LogP contribution >= 0.6 is 0 Å². The molecule has 0 aliphatic carbocycles. The summed E-state index contributed by atoms with van der Waals surface area (Å²) in [4.78, 5) is 10.2. The zero-order valence-corrected chi connectivity index (χ0v) is 5.81. The van der Waals surface area contributed by atoms with Crippen molar-refractivity contribution in [2.75, 3.05) is 0 Å². The molecule has 0 spiro atoms. The molecule has 1 atom stereocenters. The Morgan fingerprint density at radius 3 is 2.64 bits per heavy atom. The van der Waals surface area contributed by atoms with Gasteiger partial charge in [-0.15, -0.1) is 10.2 Å². The van der Waals surface area contributed by atoms with E-state index in [9.17, 15) is 4.79 Å². The molecule has 1 aromatic heterocycles. The first kappa shape index (κ1) is 7.67. The summed E-state index contributed by atoms with van der Waals surface area (Å²) in [7, 11) is 0. The third-order valence-electron chi connectivity index (χ3n) is 1.01. The molecule has 0 bridgehead atoms. The molecule has 1 rings (SSSR count). The number of aromatic nitrogens is 2. The Bertz CT molecular complexity index is 268. The molecular weight excluding hydrogens is 150 g/mol. The van der Waals surface area contributed by atoms with E-state index in [1.54, 1.807) is 6.92 Å². The van der Waals surface area contributed by atoms with Gasteiger partial charge in [0.15, 0.2) is 0 Å². The summed E-state index contributed by atoms with van der Waals surface area (Å²) in [6, 6.07) is -0.435. The summed E-state index contributed by atoms with van der Waals surface area (Å²) in [5, 5.41) is 15.0. The van der Waals surface area contributed by atoms with E-state index in [-0.39, 0.29) is 5.89 Å². The average molecular weight is 157 g/mol. The third-order valence-corrected chi connectivity index (χ3v) is 1.01. The minimum Gasteiger partial charge on any atom is -0.474 e. The van der Waals surface area contributed by atoms with Crippen molar-refractivity contribution in [3.8, 4) is 0 Å². The van der Waals surface area contributed by atoms with Crippen molar-refractivity contribution in [1.29, 1.82) is 0 Å². The summed E-state index contributed by atoms with van der Waals surface area (Å²) in [6.45, 7) is 1.62. The van der Waals surface area contributed by atoms with E-state index in [4.69, 9.17) is 10.8 Å². The molecule has 0 saturated carbocycles. The molecule has 11 heavy (non-hydrogen) atoms. The predicted molar refractivity (Wildman–Crippen MR) is 33.9 cm³/mol. The van der Waals surface area contributed by atoms with E-state index in [1.807, 2.05) is 0 Å². The van der Waals surface area contributed by atoms with Crippen LogP contribution in [0.5, 0.6) is 0 Å². The normalized spacial score (nSPS) is 12.9. The number of carboxylic acids is 1. The Hall–Kier alpha value is -1.43. The highest BCUT2D eigenvalue weighted by molar-refractivity contribution is 5.81. The van der Waals surface area contributed by atoms with Gasteiger partial charge < -0.3 is 15.3 Å². The molecule has 0 aromatic carbocycles. The fourth-order valence-corrected chi connectivity index (χ4v) is 0.505. The second-order valence-corrected chi connectivity index (χ2v) is 2.04. The number of hydrogen-bond donors (Lipinski definition) is 2. The van der Waals surface area contributed by atoms with Crippen LogP contribution in [-0.2, 0) is 0 Å². The first-order valence-electron chi connectivity index (χ1n) is 2.93. The zero-order chi connectivity index (χ0) is 8.43. The van der Waals surface area contributed by atoms with Crippen LogP contribution in [0.3, 0.4) is 0 Å². The predicted octanol–water partition coefficient (Wildman–Crippen LogP) is -0.212. The van der Waals surface area contributed by atoms with Crippen molar-refractivity contribution in [2.45, 2.75) is 13.0 Å². The van der Waals surface area contributed by atoms with Crippen LogP contribution in [0.1, 0.15) is 29.5 Å². The van der Waals surface area contributed by atoms with Crippen LogP contribution in [0.4, 0.5) is 0 Å². The van der Waals surface area contributed by atoms with Crippen LogP contribution in [0, 0.1) is 0 Å². The summed E-state index contributed by atoms with van der Waals surface area (Å²) in [5.41, 5.74) is 5.34. The molecular formula is C5H7N3O3. The molecule has 6 nitrogen and oxygen atoms in total. The molecule has 0 amide bonds. The molecule has 0 fully saturated rings. The quantitative estimate of drug-likeness (QED) is 0.615. The van der Waals surface area contributed by atoms with Crippen LogP contribution in [0.25, 0.3) is 0 Å². The summed E-state index contributed by atoms with van der Waals surface area (Å²) in [5.74, 6) is -1.55. The van der Waals surface area contributed by atoms with Crippen molar-refractivity contribution in [3.63, 3.8) is 0 Å². The topological polar surface area (TPSA) is 102 Å². The lowest BCUT2D eigenvalue weighted by molar-refractivity contribution is 0.0651. The van der Waals surface area contributed by atoms with Crippen LogP contribution in [0.15, 0.2) is 4.42 Å². The van der Waals surface area contributed by atoms with Crippen molar-refractivity contribution in [1.82, 2.24) is 10.2 Å². The smallest absolute Gasteiger partial charge is 0.393 e. The van der Waals surface area contributed by atoms with Crippen molar-refractivity contribution in [2.24, 2.45) is 5.73 Å². The monoisotopic (exact) mass is 157 g/mol. The van der Waals surface area contributed by atoms with Gasteiger partial charge in [0.25, 0.3) is 0 Å². The number of hydrogen-bond acceptors (Lipinski definition) is 5. The van der Waals surface area contributed by atoms with E-state index in [0.717, 1.165) is 0 Å². The summed E-state index contributed by atoms with van der Waals surface area (Å²) in [6.07, 6.45) is 0. The molecule has 60 valence electrons. The van der Waals surface area contributed by atoms with Crippen molar-refractivity contribution in [3.05, 3.63) is 11.8 Å². The summed E-state index contributed by atoms with van der Waals surface area (Å²) >= 11 is 0. The van der Waals surface area contributed by atoms with Gasteiger partial charge in [-0.1, -0.05) is 0 Å². The van der Waals surface area contributed by atoms with Crippen LogP contribution < -0.4 is 5.73 Å².